The van der Waals surface area contributed by atoms with Crippen LogP contribution in [0.1, 0.15) is 23.2 Å². The molecule has 1 aliphatic heterocycles. The van der Waals surface area contributed by atoms with Gasteiger partial charge >= 0.3 is 0 Å². The van der Waals surface area contributed by atoms with Gasteiger partial charge in [0, 0.05) is 29.6 Å². The van der Waals surface area contributed by atoms with Gasteiger partial charge < -0.3 is 10.3 Å². The number of rotatable bonds is 3. The van der Waals surface area contributed by atoms with Crippen molar-refractivity contribution in [1.29, 1.82) is 0 Å². The van der Waals surface area contributed by atoms with Crippen molar-refractivity contribution in [1.82, 2.24) is 10.3 Å². The topological polar surface area (TPSA) is 40.2 Å². The van der Waals surface area contributed by atoms with Crippen LogP contribution in [0.2, 0.25) is 0 Å². The Hall–Kier alpha value is -1.48. The van der Waals surface area contributed by atoms with Gasteiger partial charge in [-0.3, -0.25) is 4.99 Å². The number of halogens is 1. The van der Waals surface area contributed by atoms with Gasteiger partial charge in [-0.25, -0.2) is 0 Å². The highest BCUT2D eigenvalue weighted by Crippen LogP contribution is 2.24. The van der Waals surface area contributed by atoms with Gasteiger partial charge in [-0.05, 0) is 38.0 Å². The summed E-state index contributed by atoms with van der Waals surface area (Å²) in [6.07, 6.45) is 2.07. The summed E-state index contributed by atoms with van der Waals surface area (Å²) in [5, 5.41) is 4.70. The molecule has 0 radical (unpaired) electrons. The van der Waals surface area contributed by atoms with Crippen LogP contribution in [0, 0.1) is 13.8 Å². The third kappa shape index (κ3) is 2.76. The van der Waals surface area contributed by atoms with E-state index in [0.717, 1.165) is 31.8 Å². The fraction of sp³-hybridized carbons (Fsp3) is 0.400. The molecule has 1 aromatic heterocycles. The van der Waals surface area contributed by atoms with Crippen LogP contribution in [0.15, 0.2) is 23.2 Å². The molecule has 0 spiro atoms. The molecule has 2 aromatic rings. The highest BCUT2D eigenvalue weighted by molar-refractivity contribution is 5.87. The lowest BCUT2D eigenvalue weighted by Crippen LogP contribution is -2.18. The van der Waals surface area contributed by atoms with Crippen LogP contribution < -0.4 is 5.32 Å². The van der Waals surface area contributed by atoms with E-state index in [0.29, 0.717) is 0 Å². The molecule has 0 aliphatic carbocycles. The Morgan fingerprint density at radius 3 is 2.79 bits per heavy atom. The van der Waals surface area contributed by atoms with Crippen molar-refractivity contribution in [3.8, 4) is 0 Å². The molecular formula is C15H20ClN3. The maximum Gasteiger partial charge on any atom is 0.0967 e. The molecule has 0 fully saturated rings. The zero-order valence-corrected chi connectivity index (χ0v) is 12.2. The minimum atomic E-state index is 0. The number of nitrogens with zero attached hydrogens (tertiary/aromatic N) is 1. The van der Waals surface area contributed by atoms with Crippen molar-refractivity contribution in [3.05, 3.63) is 35.0 Å². The van der Waals surface area contributed by atoms with Gasteiger partial charge in [0.05, 0.1) is 12.4 Å². The average molecular weight is 278 g/mol. The molecule has 4 heteroatoms. The number of aromatic amines is 1. The lowest BCUT2D eigenvalue weighted by molar-refractivity contribution is 0.933. The van der Waals surface area contributed by atoms with Gasteiger partial charge in [0.1, 0.15) is 0 Å². The summed E-state index contributed by atoms with van der Waals surface area (Å²) in [4.78, 5) is 7.93. The molecule has 0 saturated heterocycles. The number of fused-ring (bicyclic) bond motifs is 1. The highest BCUT2D eigenvalue weighted by Gasteiger charge is 2.11. The van der Waals surface area contributed by atoms with Crippen molar-refractivity contribution < 1.29 is 0 Å². The zero-order chi connectivity index (χ0) is 12.5. The Morgan fingerprint density at radius 1 is 1.21 bits per heavy atom. The predicted molar refractivity (Wildman–Crippen MR) is 83.6 cm³/mol. The molecule has 1 aliphatic rings. The molecule has 1 aromatic carbocycles. The number of nitrogens with one attached hydrogen (secondary N) is 2. The van der Waals surface area contributed by atoms with E-state index in [2.05, 4.69) is 47.3 Å². The monoisotopic (exact) mass is 277 g/mol. The summed E-state index contributed by atoms with van der Waals surface area (Å²) >= 11 is 0. The van der Waals surface area contributed by atoms with Crippen LogP contribution in [0.3, 0.4) is 0 Å². The summed E-state index contributed by atoms with van der Waals surface area (Å²) in [6.45, 7) is 6.24. The van der Waals surface area contributed by atoms with Gasteiger partial charge in [0.25, 0.3) is 0 Å². The Kier molecular flexibility index (Phi) is 4.15. The second-order valence-corrected chi connectivity index (χ2v) is 5.03. The van der Waals surface area contributed by atoms with Crippen molar-refractivity contribution in [2.45, 2.75) is 26.7 Å². The first kappa shape index (κ1) is 13.9. The quantitative estimate of drug-likeness (QED) is 0.889. The summed E-state index contributed by atoms with van der Waals surface area (Å²) in [5.41, 5.74) is 5.28. The van der Waals surface area contributed by atoms with Crippen LogP contribution >= 0.6 is 12.4 Å². The van der Waals surface area contributed by atoms with Crippen molar-refractivity contribution in [3.63, 3.8) is 0 Å². The van der Waals surface area contributed by atoms with Crippen LogP contribution in [-0.2, 0) is 6.42 Å². The predicted octanol–water partition coefficient (Wildman–Crippen LogP) is 3.14. The molecule has 0 saturated carbocycles. The molecule has 0 unspecified atom stereocenters. The van der Waals surface area contributed by atoms with E-state index >= 15 is 0 Å². The molecule has 0 bridgehead atoms. The lowest BCUT2D eigenvalue weighted by atomic mass is 10.0. The van der Waals surface area contributed by atoms with E-state index in [1.807, 2.05) is 0 Å². The summed E-state index contributed by atoms with van der Waals surface area (Å²) in [5.74, 6) is 1.16. The maximum absolute atomic E-state index is 4.46. The number of hydrogen-bond donors (Lipinski definition) is 2. The average Bonchev–Trinajstić information content (AvgIpc) is 2.94. The molecular weight excluding hydrogens is 258 g/mol. The minimum absolute atomic E-state index is 0. The number of H-pyrrole nitrogens is 1. The maximum atomic E-state index is 4.46. The van der Waals surface area contributed by atoms with E-state index < -0.39 is 0 Å². The number of benzene rings is 1. The second kappa shape index (κ2) is 5.66. The van der Waals surface area contributed by atoms with Crippen molar-refractivity contribution >= 4 is 29.1 Å². The molecule has 0 amide bonds. The molecule has 2 heterocycles. The smallest absolute Gasteiger partial charge is 0.0967 e. The summed E-state index contributed by atoms with van der Waals surface area (Å²) in [7, 11) is 0. The van der Waals surface area contributed by atoms with Crippen molar-refractivity contribution in [2.75, 3.05) is 13.1 Å². The van der Waals surface area contributed by atoms with E-state index in [9.17, 15) is 0 Å². The zero-order valence-electron chi connectivity index (χ0n) is 11.4. The first-order valence-electron chi connectivity index (χ1n) is 6.59. The molecule has 3 rings (SSSR count). The molecule has 0 atom stereocenters. The summed E-state index contributed by atoms with van der Waals surface area (Å²) < 4.78 is 0. The normalized spacial score (nSPS) is 14.1. The standard InChI is InChI=1S/C15H19N3.ClH/c1-10-3-5-14-13(9-10)12(11(2)18-14)4-6-15-16-7-8-17-15;/h3,5,9,18H,4,6-8H2,1-2H3,(H,16,17);1H. The first-order chi connectivity index (χ1) is 8.74. The first-order valence-corrected chi connectivity index (χ1v) is 6.59. The van der Waals surface area contributed by atoms with Crippen LogP contribution in [0.25, 0.3) is 10.9 Å². The number of hydrogen-bond acceptors (Lipinski definition) is 2. The molecule has 19 heavy (non-hydrogen) atoms. The van der Waals surface area contributed by atoms with Gasteiger partial charge in [-0.1, -0.05) is 11.6 Å². The lowest BCUT2D eigenvalue weighted by Gasteiger charge is -2.03. The number of aliphatic imine (C=N–C) groups is 1. The van der Waals surface area contributed by atoms with Crippen LogP contribution in [0.4, 0.5) is 0 Å². The Labute approximate surface area is 119 Å². The summed E-state index contributed by atoms with van der Waals surface area (Å²) in [6, 6.07) is 6.61. The molecule has 102 valence electrons. The Bertz CT molecular complexity index is 613. The third-order valence-corrected chi connectivity index (χ3v) is 3.63. The van der Waals surface area contributed by atoms with Gasteiger partial charge in [-0.2, -0.15) is 0 Å². The second-order valence-electron chi connectivity index (χ2n) is 5.03. The molecule has 2 N–H and O–H groups in total. The van der Waals surface area contributed by atoms with Gasteiger partial charge in [0.15, 0.2) is 0 Å². The number of amidine groups is 1. The number of aromatic nitrogens is 1. The third-order valence-electron chi connectivity index (χ3n) is 3.63. The fourth-order valence-electron chi connectivity index (χ4n) is 2.68. The number of aryl methyl sites for hydroxylation is 3. The Morgan fingerprint density at radius 2 is 2.05 bits per heavy atom. The minimum Gasteiger partial charge on any atom is -0.372 e. The van der Waals surface area contributed by atoms with Crippen LogP contribution in [0.5, 0.6) is 0 Å². The van der Waals surface area contributed by atoms with Gasteiger partial charge in [-0.15, -0.1) is 12.4 Å². The van der Waals surface area contributed by atoms with E-state index in [4.69, 9.17) is 0 Å². The fourth-order valence-corrected chi connectivity index (χ4v) is 2.68. The molecule has 3 nitrogen and oxygen atoms in total. The van der Waals surface area contributed by atoms with E-state index in [1.54, 1.807) is 0 Å². The van der Waals surface area contributed by atoms with Crippen molar-refractivity contribution in [2.24, 2.45) is 4.99 Å². The van der Waals surface area contributed by atoms with Gasteiger partial charge in [0.2, 0.25) is 0 Å². The van der Waals surface area contributed by atoms with E-state index in [1.165, 1.54) is 27.7 Å². The highest BCUT2D eigenvalue weighted by atomic mass is 35.5. The Balaban J connectivity index is 0.00000133. The largest absolute Gasteiger partial charge is 0.372 e. The SMILES string of the molecule is Cc1ccc2[nH]c(C)c(CCC3=NCCN3)c2c1.Cl. The van der Waals surface area contributed by atoms with Crippen LogP contribution in [-0.4, -0.2) is 23.9 Å². The van der Waals surface area contributed by atoms with E-state index in [-0.39, 0.29) is 12.4 Å².